The highest BCUT2D eigenvalue weighted by atomic mass is 16.5. The Balaban J connectivity index is 1.82. The van der Waals surface area contributed by atoms with Crippen molar-refractivity contribution in [2.24, 2.45) is 0 Å². The summed E-state index contributed by atoms with van der Waals surface area (Å²) in [6, 6.07) is 10.2. The van der Waals surface area contributed by atoms with Gasteiger partial charge in [-0.25, -0.2) is 4.79 Å². The van der Waals surface area contributed by atoms with Crippen LogP contribution in [0.15, 0.2) is 60.7 Å². The van der Waals surface area contributed by atoms with Crippen molar-refractivity contribution in [1.29, 1.82) is 0 Å². The van der Waals surface area contributed by atoms with Crippen LogP contribution in [0, 0.1) is 0 Å². The molecule has 0 fully saturated rings. The van der Waals surface area contributed by atoms with Gasteiger partial charge in [0.05, 0.1) is 13.4 Å². The fourth-order valence-corrected chi connectivity index (χ4v) is 2.20. The molecule has 0 spiro atoms. The lowest BCUT2D eigenvalue weighted by Crippen LogP contribution is -2.03. The number of furan rings is 1. The average Bonchev–Trinajstić information content (AvgIpc) is 3.24. The molecule has 0 aliphatic rings. The minimum Gasteiger partial charge on any atom is -0.497 e. The van der Waals surface area contributed by atoms with Gasteiger partial charge in [-0.1, -0.05) is 0 Å². The Morgan fingerprint density at radius 2 is 1.91 bits per heavy atom. The molecule has 3 aromatic heterocycles. The summed E-state index contributed by atoms with van der Waals surface area (Å²) >= 11 is 0. The van der Waals surface area contributed by atoms with Gasteiger partial charge < -0.3 is 18.0 Å². The van der Waals surface area contributed by atoms with Crippen LogP contribution in [-0.2, 0) is 0 Å². The molecule has 3 heterocycles. The minimum absolute atomic E-state index is 0.0721. The van der Waals surface area contributed by atoms with Gasteiger partial charge in [-0.05, 0) is 30.3 Å². The lowest BCUT2D eigenvalue weighted by molar-refractivity contribution is 0.414. The van der Waals surface area contributed by atoms with Crippen molar-refractivity contribution in [3.8, 4) is 28.9 Å². The molecule has 0 radical (unpaired) electrons. The summed E-state index contributed by atoms with van der Waals surface area (Å²) in [7, 11) is 1.54. The van der Waals surface area contributed by atoms with Crippen molar-refractivity contribution in [2.45, 2.75) is 0 Å². The van der Waals surface area contributed by atoms with Gasteiger partial charge in [-0.3, -0.25) is 0 Å². The molecule has 7 heteroatoms. The van der Waals surface area contributed by atoms with E-state index in [1.807, 2.05) is 0 Å². The minimum atomic E-state index is -0.569. The molecule has 1 aromatic carbocycles. The molecule has 0 saturated heterocycles. The quantitative estimate of drug-likeness (QED) is 0.537. The van der Waals surface area contributed by atoms with Crippen LogP contribution in [0.3, 0.4) is 0 Å². The first-order valence-electron chi connectivity index (χ1n) is 6.74. The van der Waals surface area contributed by atoms with Gasteiger partial charge in [0.15, 0.2) is 5.76 Å². The van der Waals surface area contributed by atoms with Gasteiger partial charge in [-0.15, -0.1) is 10.2 Å². The van der Waals surface area contributed by atoms with Crippen molar-refractivity contribution < 1.29 is 18.0 Å². The number of benzene rings is 1. The van der Waals surface area contributed by atoms with Gasteiger partial charge in [-0.2, -0.15) is 0 Å². The van der Waals surface area contributed by atoms with E-state index >= 15 is 0 Å². The number of fused-ring (bicyclic) bond motifs is 1. The third kappa shape index (κ3) is 2.28. The Bertz CT molecular complexity index is 1030. The second-order valence-corrected chi connectivity index (χ2v) is 4.74. The van der Waals surface area contributed by atoms with Gasteiger partial charge in [0.25, 0.3) is 11.8 Å². The molecular formula is C16H10N2O5. The molecule has 0 atom stereocenters. The molecule has 114 valence electrons. The van der Waals surface area contributed by atoms with E-state index in [0.29, 0.717) is 17.1 Å². The Kier molecular flexibility index (Phi) is 2.97. The summed E-state index contributed by atoms with van der Waals surface area (Å²) in [5, 5.41) is 8.48. The number of rotatable bonds is 3. The predicted molar refractivity (Wildman–Crippen MR) is 80.0 cm³/mol. The first kappa shape index (κ1) is 13.3. The molecular weight excluding hydrogens is 300 g/mol. The first-order chi connectivity index (χ1) is 11.2. The van der Waals surface area contributed by atoms with Gasteiger partial charge in [0.1, 0.15) is 16.9 Å². The van der Waals surface area contributed by atoms with Crippen molar-refractivity contribution in [3.05, 3.63) is 53.1 Å². The van der Waals surface area contributed by atoms with Gasteiger partial charge in [0.2, 0.25) is 0 Å². The predicted octanol–water partition coefficient (Wildman–Crippen LogP) is 3.11. The van der Waals surface area contributed by atoms with E-state index in [-0.39, 0.29) is 17.3 Å². The topological polar surface area (TPSA) is 91.5 Å². The number of nitrogens with zero attached hydrogens (tertiary/aromatic N) is 2. The largest absolute Gasteiger partial charge is 0.497 e. The molecule has 0 unspecified atom stereocenters. The van der Waals surface area contributed by atoms with Crippen molar-refractivity contribution >= 4 is 11.0 Å². The van der Waals surface area contributed by atoms with Crippen LogP contribution >= 0.6 is 0 Å². The van der Waals surface area contributed by atoms with Crippen LogP contribution in [0.2, 0.25) is 0 Å². The summed E-state index contributed by atoms with van der Waals surface area (Å²) in [6.07, 6.45) is 1.50. The van der Waals surface area contributed by atoms with E-state index in [1.165, 1.54) is 6.26 Å². The molecule has 0 saturated carbocycles. The average molecular weight is 310 g/mol. The summed E-state index contributed by atoms with van der Waals surface area (Å²) in [4.78, 5) is 12.2. The summed E-state index contributed by atoms with van der Waals surface area (Å²) < 4.78 is 21.1. The maximum Gasteiger partial charge on any atom is 0.349 e. The molecule has 0 N–H and O–H groups in total. The van der Waals surface area contributed by atoms with Crippen LogP contribution in [0.5, 0.6) is 5.75 Å². The number of hydrogen-bond donors (Lipinski definition) is 0. The Labute approximate surface area is 129 Å². The lowest BCUT2D eigenvalue weighted by Gasteiger charge is -2.02. The Morgan fingerprint density at radius 3 is 2.70 bits per heavy atom. The van der Waals surface area contributed by atoms with E-state index in [9.17, 15) is 4.79 Å². The highest BCUT2D eigenvalue weighted by Crippen LogP contribution is 2.26. The fraction of sp³-hybridized carbons (Fsp3) is 0.0625. The van der Waals surface area contributed by atoms with Crippen molar-refractivity contribution in [2.75, 3.05) is 7.11 Å². The molecule has 0 amide bonds. The maximum atomic E-state index is 12.2. The zero-order chi connectivity index (χ0) is 15.8. The molecule has 0 aliphatic carbocycles. The lowest BCUT2D eigenvalue weighted by atomic mass is 10.2. The monoisotopic (exact) mass is 310 g/mol. The van der Waals surface area contributed by atoms with Crippen LogP contribution in [0.25, 0.3) is 34.1 Å². The normalized spacial score (nSPS) is 11.0. The van der Waals surface area contributed by atoms with E-state index < -0.39 is 5.63 Å². The third-order valence-corrected chi connectivity index (χ3v) is 3.33. The number of hydrogen-bond acceptors (Lipinski definition) is 7. The highest BCUT2D eigenvalue weighted by Gasteiger charge is 2.17. The third-order valence-electron chi connectivity index (χ3n) is 3.33. The summed E-state index contributed by atoms with van der Waals surface area (Å²) in [5.41, 5.74) is 0.0391. The standard InChI is InChI=1S/C16H10N2O5/c1-20-10-5-4-9-7-11(16(19)22-13(9)8-10)14-17-18-15(23-14)12-3-2-6-21-12/h2-8H,1H3. The van der Waals surface area contributed by atoms with Crippen LogP contribution in [-0.4, -0.2) is 17.3 Å². The molecule has 0 aliphatic heterocycles. The maximum absolute atomic E-state index is 12.2. The molecule has 7 nitrogen and oxygen atoms in total. The first-order valence-corrected chi connectivity index (χ1v) is 6.74. The smallest absolute Gasteiger partial charge is 0.349 e. The number of ether oxygens (including phenoxy) is 1. The van der Waals surface area contributed by atoms with Crippen molar-refractivity contribution in [1.82, 2.24) is 10.2 Å². The van der Waals surface area contributed by atoms with Crippen LogP contribution in [0.1, 0.15) is 0 Å². The van der Waals surface area contributed by atoms with Gasteiger partial charge in [0, 0.05) is 11.5 Å². The van der Waals surface area contributed by atoms with E-state index in [4.69, 9.17) is 18.0 Å². The van der Waals surface area contributed by atoms with Crippen LogP contribution in [0.4, 0.5) is 0 Å². The second-order valence-electron chi connectivity index (χ2n) is 4.74. The summed E-state index contributed by atoms with van der Waals surface area (Å²) in [5.74, 6) is 1.30. The molecule has 4 rings (SSSR count). The zero-order valence-corrected chi connectivity index (χ0v) is 12.0. The molecule has 23 heavy (non-hydrogen) atoms. The number of methoxy groups -OCH3 is 1. The second kappa shape index (κ2) is 5.13. The van der Waals surface area contributed by atoms with Crippen molar-refractivity contribution in [3.63, 3.8) is 0 Å². The zero-order valence-electron chi connectivity index (χ0n) is 12.0. The van der Waals surface area contributed by atoms with E-state index in [1.54, 1.807) is 43.5 Å². The highest BCUT2D eigenvalue weighted by molar-refractivity contribution is 5.81. The fourth-order valence-electron chi connectivity index (χ4n) is 2.20. The SMILES string of the molecule is COc1ccc2cc(-c3nnc(-c4ccco4)o3)c(=O)oc2c1. The van der Waals surface area contributed by atoms with E-state index in [2.05, 4.69) is 10.2 Å². The van der Waals surface area contributed by atoms with Gasteiger partial charge >= 0.3 is 5.63 Å². The molecule has 4 aromatic rings. The number of aromatic nitrogens is 2. The van der Waals surface area contributed by atoms with Crippen LogP contribution < -0.4 is 10.4 Å². The Morgan fingerprint density at radius 1 is 1.04 bits per heavy atom. The van der Waals surface area contributed by atoms with E-state index in [0.717, 1.165) is 5.39 Å². The summed E-state index contributed by atoms with van der Waals surface area (Å²) in [6.45, 7) is 0. The molecule has 0 bridgehead atoms. The Hall–Kier alpha value is -3.35.